The van der Waals surface area contributed by atoms with E-state index in [1.54, 1.807) is 0 Å². The molecule has 19 aromatic carbocycles. The van der Waals surface area contributed by atoms with Gasteiger partial charge in [-0.1, -0.05) is 372 Å². The van der Waals surface area contributed by atoms with Crippen LogP contribution in [0.2, 0.25) is 0 Å². The Labute approximate surface area is 693 Å². The molecule has 0 heterocycles. The van der Waals surface area contributed by atoms with E-state index in [0.29, 0.717) is 0 Å². The van der Waals surface area contributed by atoms with Gasteiger partial charge in [-0.3, -0.25) is 0 Å². The second kappa shape index (κ2) is 31.4. The third-order valence-electron chi connectivity index (χ3n) is 23.8. The Kier molecular flexibility index (Phi) is 19.6. The van der Waals surface area contributed by atoms with Crippen LogP contribution in [-0.4, -0.2) is 0 Å². The molecule has 2 heteroatoms. The third-order valence-corrected chi connectivity index (χ3v) is 23.8. The molecule has 0 atom stereocenters. The highest BCUT2D eigenvalue weighted by Crippen LogP contribution is 2.55. The maximum atomic E-state index is 2.53. The average Bonchev–Trinajstić information content (AvgIpc) is 0.683. The van der Waals surface area contributed by atoms with E-state index >= 15 is 0 Å². The van der Waals surface area contributed by atoms with E-state index in [-0.39, 0.29) is 0 Å². The molecule has 0 radical (unpaired) electrons. The molecule has 0 bridgehead atoms. The Balaban J connectivity index is 0.822. The summed E-state index contributed by atoms with van der Waals surface area (Å²) in [6.45, 7) is 17.2. The number of anilines is 6. The first-order valence-corrected chi connectivity index (χ1v) is 41.2. The van der Waals surface area contributed by atoms with Crippen LogP contribution in [0.5, 0.6) is 0 Å². The first-order valence-electron chi connectivity index (χ1n) is 41.2. The molecule has 118 heavy (non-hydrogen) atoms. The molecule has 0 aliphatic rings. The van der Waals surface area contributed by atoms with E-state index in [1.807, 2.05) is 0 Å². The first kappa shape index (κ1) is 73.7. The second-order valence-corrected chi connectivity index (χ2v) is 32.2. The minimum atomic E-state index is 1.05. The number of hydrogen-bond donors (Lipinski definition) is 0. The maximum absolute atomic E-state index is 2.53. The van der Waals surface area contributed by atoms with Gasteiger partial charge in [0.05, 0.1) is 11.4 Å². The number of nitrogens with zero attached hydrogens (tertiary/aromatic N) is 2. The molecule has 0 saturated heterocycles. The van der Waals surface area contributed by atoms with E-state index in [1.165, 1.54) is 165 Å². The molecule has 0 N–H and O–H groups in total. The monoisotopic (exact) mass is 1510 g/mol. The van der Waals surface area contributed by atoms with Gasteiger partial charge in [-0.15, -0.1) is 0 Å². The molecule has 0 aliphatic carbocycles. The lowest BCUT2D eigenvalue weighted by molar-refractivity contribution is 1.31. The van der Waals surface area contributed by atoms with Gasteiger partial charge >= 0.3 is 0 Å². The molecule has 0 fully saturated rings. The molecular weight excluding hydrogens is 1420 g/mol. The van der Waals surface area contributed by atoms with Gasteiger partial charge in [0.15, 0.2) is 0 Å². The van der Waals surface area contributed by atoms with Gasteiger partial charge in [-0.2, -0.15) is 0 Å². The number of fused-ring (bicyclic) bond motifs is 6. The summed E-state index contributed by atoms with van der Waals surface area (Å²) >= 11 is 0. The molecule has 0 spiro atoms. The Hall–Kier alpha value is -14.4. The molecule has 0 unspecified atom stereocenters. The van der Waals surface area contributed by atoms with Gasteiger partial charge < -0.3 is 9.80 Å². The van der Waals surface area contributed by atoms with E-state index < -0.39 is 0 Å². The molecule has 0 aromatic heterocycles. The van der Waals surface area contributed by atoms with Crippen LogP contribution in [0.1, 0.15) is 111 Å². The van der Waals surface area contributed by atoms with Gasteiger partial charge in [0.25, 0.3) is 0 Å². The van der Waals surface area contributed by atoms with Gasteiger partial charge in [-0.05, 0) is 250 Å². The number of rotatable bonds is 18. The normalized spacial score (nSPS) is 11.4. The van der Waals surface area contributed by atoms with Crippen LogP contribution in [-0.2, 0) is 0 Å². The van der Waals surface area contributed by atoms with Crippen molar-refractivity contribution >= 4 is 145 Å². The van der Waals surface area contributed by atoms with Crippen LogP contribution in [0.3, 0.4) is 0 Å². The van der Waals surface area contributed by atoms with Crippen molar-refractivity contribution in [3.8, 4) is 0 Å². The summed E-state index contributed by atoms with van der Waals surface area (Å²) in [5, 5.41) is 14.4. The molecule has 19 aromatic rings. The minimum absolute atomic E-state index is 1.05. The highest BCUT2D eigenvalue weighted by molar-refractivity contribution is 6.45. The third kappa shape index (κ3) is 14.3. The molecule has 564 valence electrons. The Morgan fingerprint density at radius 2 is 0.331 bits per heavy atom. The van der Waals surface area contributed by atoms with Crippen molar-refractivity contribution in [3.63, 3.8) is 0 Å². The lowest BCUT2D eigenvalue weighted by Gasteiger charge is -2.31. The van der Waals surface area contributed by atoms with Crippen molar-refractivity contribution in [3.05, 3.63) is 487 Å². The summed E-state index contributed by atoms with van der Waals surface area (Å²) < 4.78 is 0. The van der Waals surface area contributed by atoms with Crippen LogP contribution >= 0.6 is 0 Å². The number of aryl methyl sites for hydroxylation is 8. The quantitative estimate of drug-likeness (QED) is 0.0480. The standard InChI is InChI=1S/C116H90N2/c1-75-23-47-87(48-24-75)107(88-49-25-76(2)26-50-88)71-83-39-63-95(64-40-83)117(96-65-41-84(42-66-96)72-108(89-51-27-77(3)28-52-89)90-53-29-78(4)30-54-90)115-101-17-11-9-15-99(101)111-104-20-14-22-106-114(104)112(103-19-13-21-105(115)113(103)111)100-16-10-12-18-102(100)116(106)118(97-67-43-85(44-68-97)73-109(91-55-31-79(5)32-56-91)92-57-33-80(6)34-58-92)98-69-45-86(46-70-98)74-110(93-59-35-81(7)36-60-93)94-61-37-82(8)38-62-94/h9-74H,1-8H3. The highest BCUT2D eigenvalue weighted by Gasteiger charge is 2.29. The van der Waals surface area contributed by atoms with Crippen LogP contribution < -0.4 is 9.80 Å². The maximum Gasteiger partial charge on any atom is 0.0619 e. The largest absolute Gasteiger partial charge is 0.309 e. The summed E-state index contributed by atoms with van der Waals surface area (Å²) in [7, 11) is 0. The topological polar surface area (TPSA) is 6.48 Å². The van der Waals surface area contributed by atoms with Gasteiger partial charge in [0.1, 0.15) is 0 Å². The van der Waals surface area contributed by atoms with Gasteiger partial charge in [-0.25, -0.2) is 0 Å². The zero-order valence-corrected chi connectivity index (χ0v) is 68.0. The first-order chi connectivity index (χ1) is 57.7. The molecule has 0 saturated carbocycles. The minimum Gasteiger partial charge on any atom is -0.309 e. The van der Waals surface area contributed by atoms with E-state index in [2.05, 4.69) is 466 Å². The number of benzene rings is 19. The fourth-order valence-corrected chi connectivity index (χ4v) is 17.4. The zero-order valence-electron chi connectivity index (χ0n) is 68.0. The van der Waals surface area contributed by atoms with Crippen LogP contribution in [0.25, 0.3) is 111 Å². The van der Waals surface area contributed by atoms with Crippen LogP contribution in [0.15, 0.2) is 376 Å². The predicted molar refractivity (Wildman–Crippen MR) is 509 cm³/mol. The summed E-state index contributed by atoms with van der Waals surface area (Å²) in [4.78, 5) is 5.06. The smallest absolute Gasteiger partial charge is 0.0619 e. The van der Waals surface area contributed by atoms with E-state index in [0.717, 1.165) is 67.2 Å². The van der Waals surface area contributed by atoms with Crippen molar-refractivity contribution in [1.29, 1.82) is 0 Å². The molecular formula is C116H90N2. The summed E-state index contributed by atoms with van der Waals surface area (Å²) in [6, 6.07) is 141. The fraction of sp³-hybridized carbons (Fsp3) is 0.0690. The highest BCUT2D eigenvalue weighted by atomic mass is 15.2. The van der Waals surface area contributed by atoms with Crippen LogP contribution in [0.4, 0.5) is 34.1 Å². The second-order valence-electron chi connectivity index (χ2n) is 32.2. The van der Waals surface area contributed by atoms with Crippen LogP contribution in [0, 0.1) is 55.4 Å². The van der Waals surface area contributed by atoms with Crippen molar-refractivity contribution in [1.82, 2.24) is 0 Å². The fourth-order valence-electron chi connectivity index (χ4n) is 17.4. The zero-order chi connectivity index (χ0) is 80.1. The van der Waals surface area contributed by atoms with E-state index in [4.69, 9.17) is 0 Å². The molecule has 0 aliphatic heterocycles. The van der Waals surface area contributed by atoms with Gasteiger partial charge in [0.2, 0.25) is 0 Å². The number of hydrogen-bond acceptors (Lipinski definition) is 2. The Bertz CT molecular complexity index is 6170. The van der Waals surface area contributed by atoms with Crippen molar-refractivity contribution in [2.24, 2.45) is 0 Å². The lowest BCUT2D eigenvalue weighted by atomic mass is 9.83. The average molecular weight is 1510 g/mol. The summed E-state index contributed by atoms with van der Waals surface area (Å²) in [5.74, 6) is 0. The molecule has 0 amide bonds. The molecule has 19 rings (SSSR count). The van der Waals surface area contributed by atoms with Crippen molar-refractivity contribution in [2.45, 2.75) is 55.4 Å². The lowest BCUT2D eigenvalue weighted by Crippen LogP contribution is -2.12. The van der Waals surface area contributed by atoms with E-state index in [9.17, 15) is 0 Å². The summed E-state index contributed by atoms with van der Waals surface area (Å²) in [5.41, 5.74) is 34.9. The SMILES string of the molecule is Cc1ccc(C(=Cc2ccc(N(c3ccc(C=C(c4ccc(C)cc4)c4ccc(C)cc4)cc3)c3c4ccccc4c4c5cccc6c(N(c7ccc(C=C(c8ccc(C)cc8)c8ccc(C)cc8)cc7)c7ccc(C=C(c8ccc(C)cc8)c8ccc(C)cc8)cc7)c7ccccc7c(c7cccc3c74)c65)cc2)c2ccc(C)cc2)cc1. The van der Waals surface area contributed by atoms with Gasteiger partial charge in [0, 0.05) is 55.1 Å². The Morgan fingerprint density at radius 3 is 0.534 bits per heavy atom. The van der Waals surface area contributed by atoms with Crippen molar-refractivity contribution in [2.75, 3.05) is 9.80 Å². The van der Waals surface area contributed by atoms with Crippen molar-refractivity contribution < 1.29 is 0 Å². The summed E-state index contributed by atoms with van der Waals surface area (Å²) in [6.07, 6.45) is 9.40. The Morgan fingerprint density at radius 1 is 0.161 bits per heavy atom. The molecule has 2 nitrogen and oxygen atoms in total. The predicted octanol–water partition coefficient (Wildman–Crippen LogP) is 31.8.